The number of aliphatic carboxylic acids is 1. The number of aliphatic hydroxyl groups excluding tert-OH is 1. The van der Waals surface area contributed by atoms with E-state index >= 15 is 0 Å². The van der Waals surface area contributed by atoms with Crippen LogP contribution in [0, 0.1) is 15.9 Å². The molecule has 0 radical (unpaired) electrons. The minimum atomic E-state index is -3.48. The highest BCUT2D eigenvalue weighted by Crippen LogP contribution is 2.36. The quantitative estimate of drug-likeness (QED) is 0.624. The lowest BCUT2D eigenvalue weighted by Gasteiger charge is -2.11. The van der Waals surface area contributed by atoms with Crippen LogP contribution >= 0.6 is 0 Å². The summed E-state index contributed by atoms with van der Waals surface area (Å²) in [5.74, 6) is -4.34. The van der Waals surface area contributed by atoms with E-state index in [0.29, 0.717) is 12.1 Å². The Balaban J connectivity index is 3.48. The van der Waals surface area contributed by atoms with Crippen LogP contribution in [0.15, 0.2) is 12.1 Å². The van der Waals surface area contributed by atoms with Gasteiger partial charge in [0.2, 0.25) is 5.75 Å². The highest BCUT2D eigenvalue weighted by molar-refractivity contribution is 5.77. The maximum Gasteiger partial charge on any atom is 0.387 e. The van der Waals surface area contributed by atoms with Gasteiger partial charge in [-0.15, -0.1) is 0 Å². The monoisotopic (exact) mass is 281 g/mol. The third-order valence-electron chi connectivity index (χ3n) is 2.00. The zero-order valence-electron chi connectivity index (χ0n) is 8.92. The summed E-state index contributed by atoms with van der Waals surface area (Å²) in [5, 5.41) is 28.4. The summed E-state index contributed by atoms with van der Waals surface area (Å²) in [5.41, 5.74) is -2.23. The molecule has 0 aliphatic carbocycles. The Hall–Kier alpha value is -2.36. The maximum atomic E-state index is 13.1. The van der Waals surface area contributed by atoms with Gasteiger partial charge in [0.05, 0.1) is 10.5 Å². The molecule has 19 heavy (non-hydrogen) atoms. The molecule has 7 nitrogen and oxygen atoms in total. The summed E-state index contributed by atoms with van der Waals surface area (Å²) in [6.07, 6.45) is -2.45. The average Bonchev–Trinajstić information content (AvgIpc) is 2.25. The van der Waals surface area contributed by atoms with Crippen molar-refractivity contribution in [1.82, 2.24) is 0 Å². The number of ether oxygens (including phenoxy) is 1. The van der Waals surface area contributed by atoms with Gasteiger partial charge in [0.1, 0.15) is 5.82 Å². The van der Waals surface area contributed by atoms with E-state index in [1.54, 1.807) is 0 Å². The van der Waals surface area contributed by atoms with Crippen molar-refractivity contribution in [3.8, 4) is 5.75 Å². The first kappa shape index (κ1) is 14.7. The van der Waals surface area contributed by atoms with Crippen LogP contribution in [0.3, 0.4) is 0 Å². The van der Waals surface area contributed by atoms with Crippen molar-refractivity contribution in [1.29, 1.82) is 0 Å². The number of carboxylic acid groups (broad SMARTS) is 1. The molecule has 0 heterocycles. The Morgan fingerprint density at radius 1 is 1.42 bits per heavy atom. The van der Waals surface area contributed by atoms with Gasteiger partial charge in [-0.1, -0.05) is 0 Å². The van der Waals surface area contributed by atoms with Gasteiger partial charge in [0.25, 0.3) is 0 Å². The Bertz CT molecular complexity index is 521. The molecule has 2 N–H and O–H groups in total. The summed E-state index contributed by atoms with van der Waals surface area (Å²) >= 11 is 0. The topological polar surface area (TPSA) is 110 Å². The Kier molecular flexibility index (Phi) is 4.27. The molecule has 0 fully saturated rings. The van der Waals surface area contributed by atoms with Crippen molar-refractivity contribution in [3.05, 3.63) is 33.6 Å². The molecule has 0 aliphatic rings. The lowest BCUT2D eigenvalue weighted by atomic mass is 10.1. The molecule has 104 valence electrons. The Morgan fingerprint density at radius 3 is 2.42 bits per heavy atom. The Labute approximate surface area is 103 Å². The number of nitro benzene ring substituents is 1. The van der Waals surface area contributed by atoms with Gasteiger partial charge in [-0.3, -0.25) is 10.1 Å². The van der Waals surface area contributed by atoms with Gasteiger partial charge in [0.15, 0.2) is 6.10 Å². The number of rotatable bonds is 5. The molecular weight excluding hydrogens is 275 g/mol. The maximum absolute atomic E-state index is 13.1. The molecule has 1 atom stereocenters. The van der Waals surface area contributed by atoms with Crippen LogP contribution in [0.5, 0.6) is 5.75 Å². The minimum absolute atomic E-state index is 0.294. The van der Waals surface area contributed by atoms with E-state index < -0.39 is 46.4 Å². The summed E-state index contributed by atoms with van der Waals surface area (Å²) in [6.45, 7) is -3.48. The first-order valence-electron chi connectivity index (χ1n) is 4.57. The van der Waals surface area contributed by atoms with Crippen molar-refractivity contribution >= 4 is 11.7 Å². The molecule has 0 amide bonds. The summed E-state index contributed by atoms with van der Waals surface area (Å²) in [7, 11) is 0. The van der Waals surface area contributed by atoms with Crippen molar-refractivity contribution in [2.24, 2.45) is 0 Å². The summed E-state index contributed by atoms with van der Waals surface area (Å²) in [6, 6.07) is 0.650. The molecule has 0 aliphatic heterocycles. The number of alkyl halides is 2. The molecule has 0 aromatic heterocycles. The predicted octanol–water partition coefficient (Wildman–Crippen LogP) is 1.45. The van der Waals surface area contributed by atoms with E-state index in [4.69, 9.17) is 5.11 Å². The van der Waals surface area contributed by atoms with E-state index in [9.17, 15) is 33.2 Å². The molecule has 0 saturated heterocycles. The van der Waals surface area contributed by atoms with Crippen molar-refractivity contribution < 1.29 is 37.8 Å². The van der Waals surface area contributed by atoms with Crippen LogP contribution in [0.4, 0.5) is 18.9 Å². The van der Waals surface area contributed by atoms with E-state index in [-0.39, 0.29) is 0 Å². The second-order valence-electron chi connectivity index (χ2n) is 3.22. The Morgan fingerprint density at radius 2 is 2.00 bits per heavy atom. The van der Waals surface area contributed by atoms with Crippen LogP contribution < -0.4 is 4.74 Å². The van der Waals surface area contributed by atoms with Crippen molar-refractivity contribution in [2.45, 2.75) is 12.7 Å². The van der Waals surface area contributed by atoms with Crippen LogP contribution in [0.25, 0.3) is 0 Å². The van der Waals surface area contributed by atoms with Crippen LogP contribution in [0.2, 0.25) is 0 Å². The van der Waals surface area contributed by atoms with Gasteiger partial charge in [-0.2, -0.15) is 8.78 Å². The molecule has 1 aromatic rings. The van der Waals surface area contributed by atoms with E-state index in [1.807, 2.05) is 0 Å². The number of hydrogen-bond acceptors (Lipinski definition) is 5. The van der Waals surface area contributed by atoms with Crippen LogP contribution in [-0.2, 0) is 4.79 Å². The summed E-state index contributed by atoms with van der Waals surface area (Å²) < 4.78 is 40.9. The van der Waals surface area contributed by atoms with Gasteiger partial charge < -0.3 is 14.9 Å². The second-order valence-corrected chi connectivity index (χ2v) is 3.22. The van der Waals surface area contributed by atoms with E-state index in [2.05, 4.69) is 4.74 Å². The zero-order chi connectivity index (χ0) is 14.7. The smallest absolute Gasteiger partial charge is 0.387 e. The van der Waals surface area contributed by atoms with Gasteiger partial charge >= 0.3 is 18.3 Å². The largest absolute Gasteiger partial charge is 0.479 e. The third kappa shape index (κ3) is 3.31. The molecule has 0 bridgehead atoms. The lowest BCUT2D eigenvalue weighted by molar-refractivity contribution is -0.387. The highest BCUT2D eigenvalue weighted by atomic mass is 19.3. The highest BCUT2D eigenvalue weighted by Gasteiger charge is 2.32. The fraction of sp³-hybridized carbons (Fsp3) is 0.222. The van der Waals surface area contributed by atoms with Crippen molar-refractivity contribution in [3.63, 3.8) is 0 Å². The second kappa shape index (κ2) is 5.52. The molecule has 1 unspecified atom stereocenters. The van der Waals surface area contributed by atoms with Gasteiger partial charge in [-0.25, -0.2) is 9.18 Å². The number of nitrogens with zero attached hydrogens (tertiary/aromatic N) is 1. The number of carbonyl (C=O) groups is 1. The molecule has 1 rings (SSSR count). The van der Waals surface area contributed by atoms with Gasteiger partial charge in [-0.05, 0) is 6.07 Å². The third-order valence-corrected chi connectivity index (χ3v) is 2.00. The molecule has 0 saturated carbocycles. The van der Waals surface area contributed by atoms with Gasteiger partial charge in [0, 0.05) is 6.07 Å². The molecule has 10 heteroatoms. The number of nitro groups is 1. The number of carboxylic acids is 1. The number of hydrogen-bond donors (Lipinski definition) is 2. The molecular formula is C9H6F3NO6. The zero-order valence-corrected chi connectivity index (χ0v) is 8.92. The SMILES string of the molecule is O=C(O)C(O)c1cc(F)cc(OC(F)F)c1[N+](=O)[O-]. The molecule has 0 spiro atoms. The fourth-order valence-electron chi connectivity index (χ4n) is 1.32. The van der Waals surface area contributed by atoms with Crippen molar-refractivity contribution in [2.75, 3.05) is 0 Å². The average molecular weight is 281 g/mol. The fourth-order valence-corrected chi connectivity index (χ4v) is 1.32. The number of halogens is 3. The van der Waals surface area contributed by atoms with E-state index in [1.165, 1.54) is 0 Å². The molecule has 1 aromatic carbocycles. The first-order chi connectivity index (χ1) is 8.73. The predicted molar refractivity (Wildman–Crippen MR) is 52.3 cm³/mol. The van der Waals surface area contributed by atoms with E-state index in [0.717, 1.165) is 0 Å². The summed E-state index contributed by atoms with van der Waals surface area (Å²) in [4.78, 5) is 20.0. The first-order valence-corrected chi connectivity index (χ1v) is 4.57. The minimum Gasteiger partial charge on any atom is -0.479 e. The number of benzene rings is 1. The lowest BCUT2D eigenvalue weighted by Crippen LogP contribution is -2.14. The van der Waals surface area contributed by atoms with Crippen LogP contribution in [-0.4, -0.2) is 27.7 Å². The number of aliphatic hydroxyl groups is 1. The van der Waals surface area contributed by atoms with Crippen LogP contribution in [0.1, 0.15) is 11.7 Å². The normalized spacial score (nSPS) is 12.3. The standard InChI is InChI=1S/C9H6F3NO6/c10-3-1-4(7(14)8(15)16)6(13(17)18)5(2-3)19-9(11)12/h1-2,7,9,14H,(H,15,16).